The van der Waals surface area contributed by atoms with Gasteiger partial charge in [-0.2, -0.15) is 0 Å². The van der Waals surface area contributed by atoms with Crippen molar-refractivity contribution >= 4 is 33.3 Å². The predicted molar refractivity (Wildman–Crippen MR) is 104 cm³/mol. The molecule has 4 rings (SSSR count). The summed E-state index contributed by atoms with van der Waals surface area (Å²) in [6.45, 7) is 1.11. The highest BCUT2D eigenvalue weighted by atomic mass is 35.5. The molecule has 2 aliphatic rings. The van der Waals surface area contributed by atoms with Gasteiger partial charge in [-0.15, -0.1) is 0 Å². The third-order valence-electron chi connectivity index (χ3n) is 4.66. The molecule has 11 heteroatoms. The molecule has 9 nitrogen and oxygen atoms in total. The Labute approximate surface area is 172 Å². The van der Waals surface area contributed by atoms with Gasteiger partial charge >= 0.3 is 5.97 Å². The van der Waals surface area contributed by atoms with Crippen LogP contribution in [0.2, 0.25) is 5.02 Å². The van der Waals surface area contributed by atoms with Crippen LogP contribution in [0, 0.1) is 0 Å². The second-order valence-corrected chi connectivity index (χ2v) is 8.73. The molecule has 2 aliphatic heterocycles. The number of hydrogen-bond acceptors (Lipinski definition) is 8. The molecule has 0 unspecified atom stereocenters. The molecular weight excluding hydrogens is 422 g/mol. The number of fused-ring (bicyclic) bond motifs is 2. The van der Waals surface area contributed by atoms with E-state index >= 15 is 0 Å². The van der Waals surface area contributed by atoms with E-state index in [1.165, 1.54) is 25.4 Å². The normalized spacial score (nSPS) is 19.2. The summed E-state index contributed by atoms with van der Waals surface area (Å²) in [7, 11) is -2.60. The van der Waals surface area contributed by atoms with Gasteiger partial charge in [-0.05, 0) is 24.3 Å². The number of morpholine rings is 1. The molecule has 2 aromatic rings. The topological polar surface area (TPSA) is 107 Å². The lowest BCUT2D eigenvalue weighted by molar-refractivity contribution is -0.155. The lowest BCUT2D eigenvalue weighted by Gasteiger charge is -2.31. The van der Waals surface area contributed by atoms with Gasteiger partial charge in [0.1, 0.15) is 23.9 Å². The molecule has 0 spiro atoms. The van der Waals surface area contributed by atoms with Gasteiger partial charge in [0.05, 0.1) is 31.6 Å². The highest BCUT2D eigenvalue weighted by Crippen LogP contribution is 2.31. The maximum absolute atomic E-state index is 12.9. The van der Waals surface area contributed by atoms with Gasteiger partial charge in [0.15, 0.2) is 0 Å². The molecule has 1 aromatic heterocycles. The van der Waals surface area contributed by atoms with E-state index < -0.39 is 10.0 Å². The number of nitrogens with zero attached hydrogens (tertiary/aromatic N) is 2. The van der Waals surface area contributed by atoms with E-state index in [1.54, 1.807) is 12.1 Å². The number of ether oxygens (including phenoxy) is 3. The zero-order valence-corrected chi connectivity index (χ0v) is 17.0. The molecule has 1 aromatic carbocycles. The van der Waals surface area contributed by atoms with E-state index in [0.717, 1.165) is 0 Å². The smallest absolute Gasteiger partial charge is 0.320 e. The Morgan fingerprint density at radius 2 is 2.03 bits per heavy atom. The van der Waals surface area contributed by atoms with Crippen LogP contribution >= 0.6 is 11.6 Å². The van der Waals surface area contributed by atoms with E-state index in [4.69, 9.17) is 25.8 Å². The van der Waals surface area contributed by atoms with Gasteiger partial charge in [-0.3, -0.25) is 14.4 Å². The summed E-state index contributed by atoms with van der Waals surface area (Å²) in [5.41, 5.74) is 0.924. The number of sulfonamides is 1. The van der Waals surface area contributed by atoms with Gasteiger partial charge in [0.25, 0.3) is 10.0 Å². The monoisotopic (exact) mass is 439 g/mol. The summed E-state index contributed by atoms with van der Waals surface area (Å²) in [5, 5.41) is 0.266. The molecule has 154 valence electrons. The Kier molecular flexibility index (Phi) is 5.24. The van der Waals surface area contributed by atoms with Crippen molar-refractivity contribution in [2.45, 2.75) is 17.5 Å². The van der Waals surface area contributed by atoms with Crippen LogP contribution in [0.1, 0.15) is 5.56 Å². The Balaban J connectivity index is 1.61. The van der Waals surface area contributed by atoms with E-state index in [-0.39, 0.29) is 46.5 Å². The second-order valence-electron chi connectivity index (χ2n) is 6.64. The Hall–Kier alpha value is -2.56. The maximum Gasteiger partial charge on any atom is 0.320 e. The van der Waals surface area contributed by atoms with Crippen LogP contribution in [0.15, 0.2) is 35.4 Å². The van der Waals surface area contributed by atoms with Gasteiger partial charge in [0.2, 0.25) is 5.88 Å². The van der Waals surface area contributed by atoms with Crippen molar-refractivity contribution in [3.8, 4) is 11.6 Å². The SMILES string of the molecule is COc1ccc(Cl)cc1S(=O)(=O)Nc1cnc2c(c1)CN1CC(=O)OC[C@H]1CO2. The highest BCUT2D eigenvalue weighted by Gasteiger charge is 2.32. The Bertz CT molecular complexity index is 1060. The van der Waals surface area contributed by atoms with Crippen molar-refractivity contribution < 1.29 is 27.4 Å². The lowest BCUT2D eigenvalue weighted by atomic mass is 10.2. The van der Waals surface area contributed by atoms with Gasteiger partial charge in [0, 0.05) is 17.1 Å². The summed E-state index contributed by atoms with van der Waals surface area (Å²) < 4.78 is 44.1. The molecular formula is C18H18ClN3O6S. The standard InChI is InChI=1S/C18H18ClN3O6S/c1-26-15-3-2-12(19)5-16(15)29(24,25)21-13-4-11-7-22-8-17(23)27-9-14(22)10-28-18(11)20-6-13/h2-6,14,21H,7-10H2,1H3/t14-/m0/s1. The molecule has 0 aliphatic carbocycles. The number of methoxy groups -OCH3 is 1. The third-order valence-corrected chi connectivity index (χ3v) is 6.30. The summed E-state index contributed by atoms with van der Waals surface area (Å²) in [4.78, 5) is 17.7. The number of esters is 1. The van der Waals surface area contributed by atoms with Crippen molar-refractivity contribution in [2.75, 3.05) is 31.6 Å². The Morgan fingerprint density at radius 3 is 2.83 bits per heavy atom. The van der Waals surface area contributed by atoms with Crippen LogP contribution in [-0.2, 0) is 26.1 Å². The number of carbonyl (C=O) groups is 1. The first-order valence-electron chi connectivity index (χ1n) is 8.73. The first kappa shape index (κ1) is 19.7. The molecule has 1 fully saturated rings. The van der Waals surface area contributed by atoms with E-state index in [9.17, 15) is 13.2 Å². The minimum Gasteiger partial charge on any atom is -0.495 e. The average molecular weight is 440 g/mol. The van der Waals surface area contributed by atoms with Crippen molar-refractivity contribution in [3.63, 3.8) is 0 Å². The van der Waals surface area contributed by atoms with Gasteiger partial charge in [-0.1, -0.05) is 11.6 Å². The molecule has 1 N–H and O–H groups in total. The molecule has 3 heterocycles. The zero-order chi connectivity index (χ0) is 20.6. The zero-order valence-electron chi connectivity index (χ0n) is 15.4. The molecule has 29 heavy (non-hydrogen) atoms. The highest BCUT2D eigenvalue weighted by molar-refractivity contribution is 7.92. The summed E-state index contributed by atoms with van der Waals surface area (Å²) in [6.07, 6.45) is 1.37. The number of nitrogens with one attached hydrogen (secondary N) is 1. The number of halogens is 1. The first-order chi connectivity index (χ1) is 13.9. The van der Waals surface area contributed by atoms with Crippen LogP contribution in [0.4, 0.5) is 5.69 Å². The summed E-state index contributed by atoms with van der Waals surface area (Å²) >= 11 is 5.95. The van der Waals surface area contributed by atoms with Crippen molar-refractivity contribution in [1.29, 1.82) is 0 Å². The van der Waals surface area contributed by atoms with Crippen molar-refractivity contribution in [1.82, 2.24) is 9.88 Å². The van der Waals surface area contributed by atoms with E-state index in [0.29, 0.717) is 24.6 Å². The van der Waals surface area contributed by atoms with Gasteiger partial charge < -0.3 is 14.2 Å². The lowest BCUT2D eigenvalue weighted by Crippen LogP contribution is -2.48. The summed E-state index contributed by atoms with van der Waals surface area (Å²) in [6, 6.07) is 5.90. The van der Waals surface area contributed by atoms with Crippen molar-refractivity contribution in [2.24, 2.45) is 0 Å². The minimum atomic E-state index is -3.97. The maximum atomic E-state index is 12.9. The second kappa shape index (κ2) is 7.69. The Morgan fingerprint density at radius 1 is 1.24 bits per heavy atom. The fourth-order valence-corrected chi connectivity index (χ4v) is 4.70. The van der Waals surface area contributed by atoms with Crippen LogP contribution in [-0.4, -0.2) is 57.2 Å². The molecule has 0 saturated carbocycles. The quantitative estimate of drug-likeness (QED) is 0.717. The predicted octanol–water partition coefficient (Wildman–Crippen LogP) is 1.66. The van der Waals surface area contributed by atoms with Gasteiger partial charge in [-0.25, -0.2) is 13.4 Å². The molecule has 0 amide bonds. The molecule has 1 atom stereocenters. The number of pyridine rings is 1. The number of benzene rings is 1. The van der Waals surface area contributed by atoms with Crippen LogP contribution in [0.3, 0.4) is 0 Å². The number of rotatable bonds is 4. The largest absolute Gasteiger partial charge is 0.495 e. The number of carbonyl (C=O) groups excluding carboxylic acids is 1. The molecule has 1 saturated heterocycles. The summed E-state index contributed by atoms with van der Waals surface area (Å²) in [5.74, 6) is 0.264. The number of aromatic nitrogens is 1. The van der Waals surface area contributed by atoms with Crippen LogP contribution in [0.25, 0.3) is 0 Å². The molecule has 0 bridgehead atoms. The van der Waals surface area contributed by atoms with E-state index in [1.807, 2.05) is 4.90 Å². The fraction of sp³-hybridized carbons (Fsp3) is 0.333. The fourth-order valence-electron chi connectivity index (χ4n) is 3.24. The average Bonchev–Trinajstić information content (AvgIpc) is 2.85. The van der Waals surface area contributed by atoms with Crippen LogP contribution in [0.5, 0.6) is 11.6 Å². The first-order valence-corrected chi connectivity index (χ1v) is 10.6. The molecule has 0 radical (unpaired) electrons. The minimum absolute atomic E-state index is 0.0715. The third kappa shape index (κ3) is 4.09. The van der Waals surface area contributed by atoms with E-state index in [2.05, 4.69) is 9.71 Å². The number of hydrogen-bond donors (Lipinski definition) is 1. The van der Waals surface area contributed by atoms with Crippen molar-refractivity contribution in [3.05, 3.63) is 41.0 Å². The van der Waals surface area contributed by atoms with Crippen LogP contribution < -0.4 is 14.2 Å². The number of cyclic esters (lactones) is 1. The number of anilines is 1.